The second kappa shape index (κ2) is 3.24. The summed E-state index contributed by atoms with van der Waals surface area (Å²) in [5, 5.41) is 1.20. The highest BCUT2D eigenvalue weighted by atomic mass is 32.2. The molecule has 2 rings (SSSR count). The summed E-state index contributed by atoms with van der Waals surface area (Å²) in [4.78, 5) is 2.21. The molecule has 0 bridgehead atoms. The van der Waals surface area contributed by atoms with Crippen molar-refractivity contribution in [2.75, 3.05) is 6.26 Å². The molecule has 0 amide bonds. The molecular formula is C10H10OS2. The molecule has 0 saturated heterocycles. The minimum atomic E-state index is -0.871. The van der Waals surface area contributed by atoms with E-state index in [9.17, 15) is 4.21 Å². The third-order valence-electron chi connectivity index (χ3n) is 1.94. The maximum Gasteiger partial charge on any atom is 0.0498 e. The van der Waals surface area contributed by atoms with Crippen molar-refractivity contribution < 1.29 is 4.21 Å². The Hall–Kier alpha value is -0.670. The van der Waals surface area contributed by atoms with E-state index in [1.54, 1.807) is 17.6 Å². The Morgan fingerprint density at radius 3 is 2.77 bits per heavy atom. The molecule has 1 unspecified atom stereocenters. The van der Waals surface area contributed by atoms with Gasteiger partial charge < -0.3 is 0 Å². The van der Waals surface area contributed by atoms with Gasteiger partial charge in [0.2, 0.25) is 0 Å². The van der Waals surface area contributed by atoms with Crippen molar-refractivity contribution in [1.82, 2.24) is 0 Å². The average molecular weight is 210 g/mol. The number of benzene rings is 1. The van der Waals surface area contributed by atoms with Crippen molar-refractivity contribution in [2.45, 2.75) is 11.8 Å². The van der Waals surface area contributed by atoms with Gasteiger partial charge in [0.1, 0.15) is 0 Å². The van der Waals surface area contributed by atoms with Crippen LogP contribution in [-0.2, 0) is 10.8 Å². The van der Waals surface area contributed by atoms with Crippen molar-refractivity contribution >= 4 is 32.2 Å². The molecule has 0 aliphatic rings. The van der Waals surface area contributed by atoms with Crippen molar-refractivity contribution in [3.05, 3.63) is 29.1 Å². The molecule has 0 spiro atoms. The number of rotatable bonds is 1. The van der Waals surface area contributed by atoms with E-state index in [-0.39, 0.29) is 0 Å². The fourth-order valence-corrected chi connectivity index (χ4v) is 2.79. The minimum absolute atomic E-state index is 0.871. The Morgan fingerprint density at radius 2 is 2.08 bits per heavy atom. The Bertz CT molecular complexity index is 471. The highest BCUT2D eigenvalue weighted by Crippen LogP contribution is 2.26. The topological polar surface area (TPSA) is 17.1 Å². The van der Waals surface area contributed by atoms with Crippen LogP contribution >= 0.6 is 11.3 Å². The Balaban J connectivity index is 2.67. The largest absolute Gasteiger partial charge is 0.255 e. The number of hydrogen-bond donors (Lipinski definition) is 0. The van der Waals surface area contributed by atoms with Crippen molar-refractivity contribution in [3.63, 3.8) is 0 Å². The molecule has 1 aromatic carbocycles. The Morgan fingerprint density at radius 1 is 1.31 bits per heavy atom. The second-order valence-electron chi connectivity index (χ2n) is 3.01. The van der Waals surface area contributed by atoms with Crippen LogP contribution in [0.4, 0.5) is 0 Å². The summed E-state index contributed by atoms with van der Waals surface area (Å²) in [7, 11) is -0.871. The molecule has 1 heterocycles. The molecule has 0 fully saturated rings. The smallest absolute Gasteiger partial charge is 0.0498 e. The van der Waals surface area contributed by atoms with E-state index in [0.29, 0.717) is 0 Å². The van der Waals surface area contributed by atoms with Gasteiger partial charge in [0.25, 0.3) is 0 Å². The first-order chi connectivity index (χ1) is 6.16. The molecule has 1 atom stereocenters. The summed E-state index contributed by atoms with van der Waals surface area (Å²) in [6.45, 7) is 2.09. The van der Waals surface area contributed by atoms with Crippen LogP contribution in [0.1, 0.15) is 4.88 Å². The fraction of sp³-hybridized carbons (Fsp3) is 0.200. The lowest BCUT2D eigenvalue weighted by Crippen LogP contribution is -1.84. The van der Waals surface area contributed by atoms with Gasteiger partial charge in [-0.1, -0.05) is 0 Å². The zero-order chi connectivity index (χ0) is 9.42. The third kappa shape index (κ3) is 1.67. The molecule has 2 aromatic rings. The molecule has 68 valence electrons. The van der Waals surface area contributed by atoms with Crippen LogP contribution in [0, 0.1) is 6.92 Å². The number of aryl methyl sites for hydroxylation is 1. The Labute approximate surface area is 83.9 Å². The normalized spacial score (nSPS) is 13.4. The maximum atomic E-state index is 11.2. The van der Waals surface area contributed by atoms with E-state index >= 15 is 0 Å². The lowest BCUT2D eigenvalue weighted by atomic mass is 10.2. The van der Waals surface area contributed by atoms with Crippen LogP contribution in [0.15, 0.2) is 29.2 Å². The highest BCUT2D eigenvalue weighted by Gasteiger charge is 2.01. The van der Waals surface area contributed by atoms with Gasteiger partial charge >= 0.3 is 0 Å². The van der Waals surface area contributed by atoms with Crippen molar-refractivity contribution in [3.8, 4) is 0 Å². The molecule has 0 radical (unpaired) electrons. The molecule has 1 aromatic heterocycles. The van der Waals surface area contributed by atoms with Crippen LogP contribution < -0.4 is 0 Å². The van der Waals surface area contributed by atoms with Gasteiger partial charge in [0, 0.05) is 31.5 Å². The fourth-order valence-electron chi connectivity index (χ4n) is 1.33. The molecule has 0 N–H and O–H groups in total. The maximum absolute atomic E-state index is 11.2. The minimum Gasteiger partial charge on any atom is -0.255 e. The Kier molecular flexibility index (Phi) is 2.22. The molecule has 0 aliphatic heterocycles. The summed E-state index contributed by atoms with van der Waals surface area (Å²) in [5.74, 6) is 0. The SMILES string of the molecule is Cc1cc2cc(S(C)=O)ccc2s1. The molecule has 0 aliphatic carbocycles. The van der Waals surface area contributed by atoms with E-state index < -0.39 is 10.8 Å². The number of fused-ring (bicyclic) bond motifs is 1. The standard InChI is InChI=1S/C10H10OS2/c1-7-5-8-6-9(13(2)11)3-4-10(8)12-7/h3-6H,1-2H3. The third-order valence-corrected chi connectivity index (χ3v) is 3.89. The first kappa shape index (κ1) is 8.91. The molecule has 3 heteroatoms. The average Bonchev–Trinajstić information content (AvgIpc) is 2.42. The van der Waals surface area contributed by atoms with Gasteiger partial charge in [-0.3, -0.25) is 4.21 Å². The van der Waals surface area contributed by atoms with E-state index in [4.69, 9.17) is 0 Å². The molecule has 1 nitrogen and oxygen atoms in total. The highest BCUT2D eigenvalue weighted by molar-refractivity contribution is 7.84. The quantitative estimate of drug-likeness (QED) is 0.707. The molecular weight excluding hydrogens is 200 g/mol. The lowest BCUT2D eigenvalue weighted by Gasteiger charge is -1.94. The van der Waals surface area contributed by atoms with Gasteiger partial charge in [-0.05, 0) is 36.6 Å². The van der Waals surface area contributed by atoms with Crippen LogP contribution in [0.5, 0.6) is 0 Å². The predicted molar refractivity (Wildman–Crippen MR) is 58.9 cm³/mol. The van der Waals surface area contributed by atoms with Gasteiger partial charge in [-0.2, -0.15) is 0 Å². The van der Waals surface area contributed by atoms with E-state index in [2.05, 4.69) is 13.0 Å². The van der Waals surface area contributed by atoms with Gasteiger partial charge in [-0.15, -0.1) is 11.3 Å². The zero-order valence-corrected chi connectivity index (χ0v) is 9.17. The van der Waals surface area contributed by atoms with Crippen LogP contribution in [-0.4, -0.2) is 10.5 Å². The van der Waals surface area contributed by atoms with E-state index in [1.807, 2.05) is 18.2 Å². The summed E-state index contributed by atoms with van der Waals surface area (Å²) < 4.78 is 12.5. The van der Waals surface area contributed by atoms with Crippen LogP contribution in [0.25, 0.3) is 10.1 Å². The summed E-state index contributed by atoms with van der Waals surface area (Å²) >= 11 is 1.77. The van der Waals surface area contributed by atoms with E-state index in [1.165, 1.54) is 15.0 Å². The van der Waals surface area contributed by atoms with Crippen molar-refractivity contribution in [2.24, 2.45) is 0 Å². The van der Waals surface area contributed by atoms with Gasteiger partial charge in [0.05, 0.1) is 0 Å². The van der Waals surface area contributed by atoms with Crippen LogP contribution in [0.3, 0.4) is 0 Å². The van der Waals surface area contributed by atoms with Crippen LogP contribution in [0.2, 0.25) is 0 Å². The van der Waals surface area contributed by atoms with Gasteiger partial charge in [-0.25, -0.2) is 0 Å². The number of hydrogen-bond acceptors (Lipinski definition) is 2. The first-order valence-corrected chi connectivity index (χ1v) is 6.38. The summed E-state index contributed by atoms with van der Waals surface area (Å²) in [6, 6.07) is 8.13. The number of thiophene rings is 1. The van der Waals surface area contributed by atoms with Gasteiger partial charge in [0.15, 0.2) is 0 Å². The molecule has 13 heavy (non-hydrogen) atoms. The lowest BCUT2D eigenvalue weighted by molar-refractivity contribution is 0.687. The zero-order valence-electron chi connectivity index (χ0n) is 7.53. The summed E-state index contributed by atoms with van der Waals surface area (Å²) in [5.41, 5.74) is 0. The monoisotopic (exact) mass is 210 g/mol. The first-order valence-electron chi connectivity index (χ1n) is 4.00. The van der Waals surface area contributed by atoms with E-state index in [0.717, 1.165) is 4.90 Å². The molecule has 0 saturated carbocycles. The predicted octanol–water partition coefficient (Wildman–Crippen LogP) is 2.95. The second-order valence-corrected chi connectivity index (χ2v) is 5.68. The van der Waals surface area contributed by atoms with Crippen molar-refractivity contribution in [1.29, 1.82) is 0 Å². The summed E-state index contributed by atoms with van der Waals surface area (Å²) in [6.07, 6.45) is 1.71.